The highest BCUT2D eigenvalue weighted by atomic mass is 16.7. The van der Waals surface area contributed by atoms with Gasteiger partial charge in [-0.25, -0.2) is 0 Å². The molecule has 37 heavy (non-hydrogen) atoms. The van der Waals surface area contributed by atoms with E-state index < -0.39 is 10.8 Å². The molecule has 0 bridgehead atoms. The van der Waals surface area contributed by atoms with Gasteiger partial charge >= 0.3 is 0 Å². The molecule has 4 aromatic rings. The van der Waals surface area contributed by atoms with Crippen molar-refractivity contribution in [2.45, 2.75) is 44.1 Å². The molecule has 0 unspecified atom stereocenters. The molecule has 1 aliphatic carbocycles. The van der Waals surface area contributed by atoms with Gasteiger partial charge in [-0.05, 0) is 74.2 Å². The summed E-state index contributed by atoms with van der Waals surface area (Å²) in [6.07, 6.45) is 1.59. The van der Waals surface area contributed by atoms with E-state index >= 15 is 0 Å². The van der Waals surface area contributed by atoms with Crippen LogP contribution in [0.15, 0.2) is 72.8 Å². The Morgan fingerprint density at radius 2 is 1.76 bits per heavy atom. The van der Waals surface area contributed by atoms with Crippen LogP contribution >= 0.6 is 0 Å². The van der Waals surface area contributed by atoms with Gasteiger partial charge in [0.25, 0.3) is 0 Å². The summed E-state index contributed by atoms with van der Waals surface area (Å²) in [6, 6.07) is 23.4. The summed E-state index contributed by atoms with van der Waals surface area (Å²) in [7, 11) is 0. The summed E-state index contributed by atoms with van der Waals surface area (Å²) in [5.74, 6) is 1.32. The Morgan fingerprint density at radius 1 is 0.973 bits per heavy atom. The van der Waals surface area contributed by atoms with E-state index in [0.29, 0.717) is 18.0 Å². The number of anilines is 1. The van der Waals surface area contributed by atoms with E-state index in [4.69, 9.17) is 9.47 Å². The number of amides is 2. The standard InChI is InChI=1S/C30H29N3O4.2H2/c1-29(2,27(34)31-17-19-6-4-3-5-7-19)26-15-20-14-22(9-10-23(20)33-26)32-28(35)30(12-13-30)21-8-11-24-25(16-21)37-18-36-24;;/h3-11,14-16,33H,12-13,17-18H2,1-2H3,(H,31,34)(H,32,35);2*1H. The zero-order valence-electron chi connectivity index (χ0n) is 20.9. The van der Waals surface area contributed by atoms with Crippen molar-refractivity contribution in [2.75, 3.05) is 12.1 Å². The molecule has 0 saturated heterocycles. The van der Waals surface area contributed by atoms with Gasteiger partial charge in [0, 0.05) is 31.7 Å². The quantitative estimate of drug-likeness (QED) is 0.306. The maximum atomic E-state index is 13.3. The number of H-pyrrole nitrogens is 1. The van der Waals surface area contributed by atoms with Gasteiger partial charge in [0.05, 0.1) is 10.8 Å². The van der Waals surface area contributed by atoms with Crippen LogP contribution in [0.5, 0.6) is 11.5 Å². The van der Waals surface area contributed by atoms with Crippen molar-refractivity contribution in [2.24, 2.45) is 0 Å². The van der Waals surface area contributed by atoms with Crippen molar-refractivity contribution in [3.63, 3.8) is 0 Å². The lowest BCUT2D eigenvalue weighted by Crippen LogP contribution is -2.39. The van der Waals surface area contributed by atoms with E-state index in [0.717, 1.165) is 46.3 Å². The Hall–Kier alpha value is -4.26. The third-order valence-corrected chi connectivity index (χ3v) is 7.53. The highest BCUT2D eigenvalue weighted by Gasteiger charge is 2.51. The number of ether oxygens (including phenoxy) is 2. The maximum Gasteiger partial charge on any atom is 0.235 e. The van der Waals surface area contributed by atoms with Gasteiger partial charge in [-0.15, -0.1) is 0 Å². The van der Waals surface area contributed by atoms with Crippen LogP contribution in [0, 0.1) is 0 Å². The smallest absolute Gasteiger partial charge is 0.235 e. The molecular formula is C30H33N3O4. The van der Waals surface area contributed by atoms with Crippen molar-refractivity contribution >= 4 is 28.4 Å². The molecule has 3 aromatic carbocycles. The first-order valence-electron chi connectivity index (χ1n) is 12.5. The fourth-order valence-electron chi connectivity index (χ4n) is 4.89. The van der Waals surface area contributed by atoms with Gasteiger partial charge in [0.15, 0.2) is 11.5 Å². The SMILES string of the molecule is CC(C)(C(=O)NCc1ccccc1)c1cc2cc(NC(=O)C3(c4ccc5c(c4)OCO5)CC3)ccc2[nH]1.[HH].[HH]. The predicted molar refractivity (Wildman–Crippen MR) is 146 cm³/mol. The molecule has 1 aliphatic heterocycles. The third-order valence-electron chi connectivity index (χ3n) is 7.53. The van der Waals surface area contributed by atoms with Crippen LogP contribution in [0.1, 0.15) is 46.4 Å². The first-order valence-corrected chi connectivity index (χ1v) is 12.5. The molecule has 1 fully saturated rings. The van der Waals surface area contributed by atoms with E-state index in [1.807, 2.05) is 86.6 Å². The largest absolute Gasteiger partial charge is 0.454 e. The summed E-state index contributed by atoms with van der Waals surface area (Å²) < 4.78 is 10.9. The number of aromatic nitrogens is 1. The Kier molecular flexibility index (Phi) is 5.44. The second-order valence-electron chi connectivity index (χ2n) is 10.4. The molecule has 1 saturated carbocycles. The zero-order chi connectivity index (χ0) is 25.6. The van der Waals surface area contributed by atoms with Gasteiger partial charge < -0.3 is 25.1 Å². The summed E-state index contributed by atoms with van der Waals surface area (Å²) in [4.78, 5) is 29.8. The van der Waals surface area contributed by atoms with Gasteiger partial charge in [0.2, 0.25) is 18.6 Å². The minimum absolute atomic E-state index is 0. The fraction of sp³-hybridized carbons (Fsp3) is 0.267. The molecule has 192 valence electrons. The second kappa shape index (κ2) is 8.69. The molecular weight excluding hydrogens is 466 g/mol. The number of hydrogen-bond acceptors (Lipinski definition) is 4. The number of carbonyl (C=O) groups is 2. The molecule has 2 amide bonds. The molecule has 7 heteroatoms. The van der Waals surface area contributed by atoms with Gasteiger partial charge in [-0.3, -0.25) is 9.59 Å². The minimum atomic E-state index is -0.755. The van der Waals surface area contributed by atoms with Crippen LogP contribution in [0.3, 0.4) is 0 Å². The van der Waals surface area contributed by atoms with Gasteiger partial charge in [-0.2, -0.15) is 0 Å². The van der Waals surface area contributed by atoms with E-state index in [-0.39, 0.29) is 21.5 Å². The summed E-state index contributed by atoms with van der Waals surface area (Å²) in [5, 5.41) is 7.08. The van der Waals surface area contributed by atoms with E-state index in [2.05, 4.69) is 15.6 Å². The molecule has 0 spiro atoms. The summed E-state index contributed by atoms with van der Waals surface area (Å²) in [5.41, 5.74) is 3.15. The monoisotopic (exact) mass is 499 g/mol. The zero-order valence-corrected chi connectivity index (χ0v) is 20.9. The minimum Gasteiger partial charge on any atom is -0.454 e. The van der Waals surface area contributed by atoms with Crippen molar-refractivity contribution in [1.82, 2.24) is 10.3 Å². The molecule has 2 heterocycles. The van der Waals surface area contributed by atoms with Gasteiger partial charge in [-0.1, -0.05) is 36.4 Å². The Balaban J connectivity index is 0.00000176. The summed E-state index contributed by atoms with van der Waals surface area (Å²) in [6.45, 7) is 4.50. The van der Waals surface area contributed by atoms with Crippen molar-refractivity contribution in [1.29, 1.82) is 0 Å². The van der Waals surface area contributed by atoms with Crippen LogP contribution in [-0.4, -0.2) is 23.6 Å². The van der Waals surface area contributed by atoms with Crippen LogP contribution in [0.4, 0.5) is 5.69 Å². The highest BCUT2D eigenvalue weighted by Crippen LogP contribution is 2.51. The highest BCUT2D eigenvalue weighted by molar-refractivity contribution is 6.02. The van der Waals surface area contributed by atoms with Gasteiger partial charge in [0.1, 0.15) is 0 Å². The lowest BCUT2D eigenvalue weighted by atomic mass is 9.88. The maximum absolute atomic E-state index is 13.3. The van der Waals surface area contributed by atoms with Crippen LogP contribution in [0.25, 0.3) is 10.9 Å². The second-order valence-corrected chi connectivity index (χ2v) is 10.4. The normalized spacial score (nSPS) is 15.4. The number of aromatic amines is 1. The topological polar surface area (TPSA) is 92.5 Å². The average molecular weight is 500 g/mol. The molecule has 1 aromatic heterocycles. The van der Waals surface area contributed by atoms with Crippen molar-refractivity contribution < 1.29 is 21.9 Å². The van der Waals surface area contributed by atoms with Crippen LogP contribution < -0.4 is 20.1 Å². The first kappa shape index (κ1) is 23.2. The number of fused-ring (bicyclic) bond motifs is 2. The molecule has 0 atom stereocenters. The molecule has 2 aliphatic rings. The first-order chi connectivity index (χ1) is 17.8. The van der Waals surface area contributed by atoms with Crippen LogP contribution in [-0.2, 0) is 27.0 Å². The fourth-order valence-corrected chi connectivity index (χ4v) is 4.89. The summed E-state index contributed by atoms with van der Waals surface area (Å²) >= 11 is 0. The number of carbonyl (C=O) groups excluding carboxylic acids is 2. The lowest BCUT2D eigenvalue weighted by Gasteiger charge is -2.22. The predicted octanol–water partition coefficient (Wildman–Crippen LogP) is 5.65. The molecule has 6 rings (SSSR count). The van der Waals surface area contributed by atoms with E-state index in [1.54, 1.807) is 0 Å². The van der Waals surface area contributed by atoms with Crippen molar-refractivity contribution in [3.8, 4) is 11.5 Å². The Bertz CT molecular complexity index is 1510. The number of rotatable bonds is 7. The Morgan fingerprint density at radius 3 is 2.54 bits per heavy atom. The average Bonchev–Trinajstić information content (AvgIpc) is 3.38. The lowest BCUT2D eigenvalue weighted by molar-refractivity contribution is -0.126. The van der Waals surface area contributed by atoms with Crippen molar-refractivity contribution in [3.05, 3.63) is 89.6 Å². The Labute approximate surface area is 218 Å². The van der Waals surface area contributed by atoms with E-state index in [9.17, 15) is 9.59 Å². The number of hydrogen-bond donors (Lipinski definition) is 3. The third kappa shape index (κ3) is 4.20. The number of benzene rings is 3. The number of nitrogens with one attached hydrogen (secondary N) is 3. The van der Waals surface area contributed by atoms with E-state index in [1.165, 1.54) is 0 Å². The molecule has 3 N–H and O–H groups in total. The van der Waals surface area contributed by atoms with Crippen LogP contribution in [0.2, 0.25) is 0 Å². The molecule has 7 nitrogen and oxygen atoms in total. The molecule has 0 radical (unpaired) electrons.